The van der Waals surface area contributed by atoms with E-state index in [0.717, 1.165) is 0 Å². The molecule has 0 saturated heterocycles. The predicted molar refractivity (Wildman–Crippen MR) is 90.5 cm³/mol. The minimum absolute atomic E-state index is 0.0714. The molecule has 122 valence electrons. The highest BCUT2D eigenvalue weighted by Crippen LogP contribution is 2.17. The van der Waals surface area contributed by atoms with Crippen molar-refractivity contribution in [2.24, 2.45) is 0 Å². The van der Waals surface area contributed by atoms with E-state index >= 15 is 0 Å². The van der Waals surface area contributed by atoms with Crippen LogP contribution in [-0.4, -0.2) is 16.3 Å². The van der Waals surface area contributed by atoms with Gasteiger partial charge in [0.2, 0.25) is 0 Å². The van der Waals surface area contributed by atoms with Gasteiger partial charge < -0.3 is 9.73 Å². The van der Waals surface area contributed by atoms with Crippen LogP contribution in [0.25, 0.3) is 11.1 Å². The fourth-order valence-electron chi connectivity index (χ4n) is 2.52. The third kappa shape index (κ3) is 2.86. The van der Waals surface area contributed by atoms with Crippen LogP contribution in [0.1, 0.15) is 34.6 Å². The molecule has 6 nitrogen and oxygen atoms in total. The van der Waals surface area contributed by atoms with E-state index in [1.807, 2.05) is 6.92 Å². The Bertz CT molecular complexity index is 998. The Morgan fingerprint density at radius 2 is 1.92 bits per heavy atom. The molecule has 1 amide bonds. The summed E-state index contributed by atoms with van der Waals surface area (Å²) in [4.78, 5) is 35.6. The Hall–Kier alpha value is -3.15. The topological polar surface area (TPSA) is 81.3 Å². The minimum atomic E-state index is -0.445. The van der Waals surface area contributed by atoms with Crippen molar-refractivity contribution in [1.82, 2.24) is 4.57 Å². The number of oxazole rings is 1. The number of ketones is 1. The quantitative estimate of drug-likeness (QED) is 0.748. The Labute approximate surface area is 137 Å². The molecule has 0 aliphatic carbocycles. The molecule has 0 radical (unpaired) electrons. The Morgan fingerprint density at radius 1 is 1.12 bits per heavy atom. The number of fused-ring (bicyclic) bond motifs is 1. The number of Topliss-reactive ketones (excluding diaryl/α,β-unsaturated/α-hetero) is 1. The van der Waals surface area contributed by atoms with Crippen molar-refractivity contribution >= 4 is 28.5 Å². The van der Waals surface area contributed by atoms with E-state index in [-0.39, 0.29) is 11.7 Å². The van der Waals surface area contributed by atoms with Gasteiger partial charge in [-0.05, 0) is 44.2 Å². The number of aromatic nitrogens is 1. The number of benzene rings is 2. The summed E-state index contributed by atoms with van der Waals surface area (Å²) in [5.74, 6) is -0.842. The maximum Gasteiger partial charge on any atom is 0.419 e. The van der Waals surface area contributed by atoms with Crippen molar-refractivity contribution in [2.75, 3.05) is 5.32 Å². The lowest BCUT2D eigenvalue weighted by atomic mass is 10.1. The van der Waals surface area contributed by atoms with Crippen LogP contribution in [0.4, 0.5) is 5.69 Å². The SMILES string of the molecule is CCn1c(=O)oc2ccc(C(=O)Nc3cccc(C(C)=O)c3)cc21. The normalized spacial score (nSPS) is 10.8. The largest absolute Gasteiger partial charge is 0.419 e. The van der Waals surface area contributed by atoms with E-state index in [0.29, 0.717) is 34.5 Å². The number of hydrogen-bond donors (Lipinski definition) is 1. The Kier molecular flexibility index (Phi) is 4.04. The third-order valence-electron chi connectivity index (χ3n) is 3.77. The molecule has 0 fully saturated rings. The van der Waals surface area contributed by atoms with Crippen molar-refractivity contribution in [3.63, 3.8) is 0 Å². The number of carbonyl (C=O) groups excluding carboxylic acids is 2. The van der Waals surface area contributed by atoms with E-state index in [9.17, 15) is 14.4 Å². The van der Waals surface area contributed by atoms with Gasteiger partial charge in [-0.1, -0.05) is 12.1 Å². The highest BCUT2D eigenvalue weighted by Gasteiger charge is 2.13. The van der Waals surface area contributed by atoms with Gasteiger partial charge in [-0.2, -0.15) is 0 Å². The lowest BCUT2D eigenvalue weighted by Crippen LogP contribution is -2.14. The van der Waals surface area contributed by atoms with E-state index in [1.54, 1.807) is 42.5 Å². The molecule has 0 bridgehead atoms. The van der Waals surface area contributed by atoms with Gasteiger partial charge in [0, 0.05) is 23.4 Å². The van der Waals surface area contributed by atoms with Crippen LogP contribution in [0.3, 0.4) is 0 Å². The second kappa shape index (κ2) is 6.16. The summed E-state index contributed by atoms with van der Waals surface area (Å²) < 4.78 is 6.58. The van der Waals surface area contributed by atoms with Gasteiger partial charge in [0.1, 0.15) is 0 Å². The molecule has 24 heavy (non-hydrogen) atoms. The Balaban J connectivity index is 1.92. The Morgan fingerprint density at radius 3 is 2.62 bits per heavy atom. The van der Waals surface area contributed by atoms with Gasteiger partial charge in [0.15, 0.2) is 11.4 Å². The van der Waals surface area contributed by atoms with Crippen LogP contribution in [0.15, 0.2) is 51.7 Å². The number of amides is 1. The monoisotopic (exact) mass is 324 g/mol. The highest BCUT2D eigenvalue weighted by atomic mass is 16.4. The molecule has 0 aliphatic rings. The molecule has 0 spiro atoms. The number of nitrogens with zero attached hydrogens (tertiary/aromatic N) is 1. The number of rotatable bonds is 4. The van der Waals surface area contributed by atoms with E-state index < -0.39 is 5.76 Å². The van der Waals surface area contributed by atoms with Crippen LogP contribution in [0, 0.1) is 0 Å². The molecule has 1 N–H and O–H groups in total. The fraction of sp³-hybridized carbons (Fsp3) is 0.167. The van der Waals surface area contributed by atoms with Gasteiger partial charge >= 0.3 is 5.76 Å². The van der Waals surface area contributed by atoms with Crippen LogP contribution < -0.4 is 11.1 Å². The van der Waals surface area contributed by atoms with Gasteiger partial charge in [0.05, 0.1) is 5.52 Å². The van der Waals surface area contributed by atoms with Gasteiger partial charge in [-0.3, -0.25) is 14.2 Å². The molecule has 0 unspecified atom stereocenters. The number of nitrogens with one attached hydrogen (secondary N) is 1. The number of anilines is 1. The van der Waals surface area contributed by atoms with Crippen LogP contribution in [0.5, 0.6) is 0 Å². The molecule has 0 saturated carbocycles. The molecule has 1 aromatic heterocycles. The molecule has 1 heterocycles. The first-order valence-electron chi connectivity index (χ1n) is 7.55. The molecule has 0 atom stereocenters. The number of hydrogen-bond acceptors (Lipinski definition) is 4. The average Bonchev–Trinajstić information content (AvgIpc) is 2.89. The predicted octanol–water partition coefficient (Wildman–Crippen LogP) is 3.07. The summed E-state index contributed by atoms with van der Waals surface area (Å²) in [5, 5.41) is 2.75. The van der Waals surface area contributed by atoms with Crippen LogP contribution in [-0.2, 0) is 6.54 Å². The average molecular weight is 324 g/mol. The zero-order valence-corrected chi connectivity index (χ0v) is 13.3. The molecular formula is C18H16N2O4. The second-order valence-corrected chi connectivity index (χ2v) is 5.39. The van der Waals surface area contributed by atoms with Crippen molar-refractivity contribution in [3.05, 3.63) is 64.1 Å². The first kappa shape index (κ1) is 15.7. The van der Waals surface area contributed by atoms with E-state index in [1.165, 1.54) is 11.5 Å². The zero-order valence-electron chi connectivity index (χ0n) is 13.3. The highest BCUT2D eigenvalue weighted by molar-refractivity contribution is 6.06. The summed E-state index contributed by atoms with van der Waals surface area (Å²) in [6.07, 6.45) is 0. The van der Waals surface area contributed by atoms with E-state index in [4.69, 9.17) is 4.42 Å². The van der Waals surface area contributed by atoms with Crippen LogP contribution in [0.2, 0.25) is 0 Å². The summed E-state index contributed by atoms with van der Waals surface area (Å²) in [7, 11) is 0. The smallest absolute Gasteiger partial charge is 0.408 e. The molecule has 3 rings (SSSR count). The fourth-order valence-corrected chi connectivity index (χ4v) is 2.52. The molecular weight excluding hydrogens is 308 g/mol. The summed E-state index contributed by atoms with van der Waals surface area (Å²) in [6, 6.07) is 11.5. The second-order valence-electron chi connectivity index (χ2n) is 5.39. The standard InChI is InChI=1S/C18H16N2O4/c1-3-20-15-10-13(7-8-16(15)24-18(20)23)17(22)19-14-6-4-5-12(9-14)11(2)21/h4-10H,3H2,1-2H3,(H,19,22). The maximum absolute atomic E-state index is 12.4. The van der Waals surface area contributed by atoms with E-state index in [2.05, 4.69) is 5.32 Å². The molecule has 2 aromatic carbocycles. The van der Waals surface area contributed by atoms with Gasteiger partial charge in [0.25, 0.3) is 5.91 Å². The number of aryl methyl sites for hydroxylation is 1. The molecule has 3 aromatic rings. The van der Waals surface area contributed by atoms with Gasteiger partial charge in [-0.15, -0.1) is 0 Å². The van der Waals surface area contributed by atoms with Crippen molar-refractivity contribution in [1.29, 1.82) is 0 Å². The van der Waals surface area contributed by atoms with Gasteiger partial charge in [-0.25, -0.2) is 4.79 Å². The van der Waals surface area contributed by atoms with Crippen molar-refractivity contribution in [3.8, 4) is 0 Å². The van der Waals surface area contributed by atoms with Crippen molar-refractivity contribution in [2.45, 2.75) is 20.4 Å². The van der Waals surface area contributed by atoms with Crippen LogP contribution >= 0.6 is 0 Å². The number of carbonyl (C=O) groups is 2. The minimum Gasteiger partial charge on any atom is -0.408 e. The summed E-state index contributed by atoms with van der Waals surface area (Å²) in [5.41, 5.74) is 2.48. The lowest BCUT2D eigenvalue weighted by molar-refractivity contribution is 0.101. The third-order valence-corrected chi connectivity index (χ3v) is 3.77. The molecule has 6 heteroatoms. The van der Waals surface area contributed by atoms with Crippen molar-refractivity contribution < 1.29 is 14.0 Å². The first-order chi connectivity index (χ1) is 11.5. The lowest BCUT2D eigenvalue weighted by Gasteiger charge is -2.07. The summed E-state index contributed by atoms with van der Waals surface area (Å²) >= 11 is 0. The summed E-state index contributed by atoms with van der Waals surface area (Å²) in [6.45, 7) is 3.76. The maximum atomic E-state index is 12.4. The molecule has 0 aliphatic heterocycles. The first-order valence-corrected chi connectivity index (χ1v) is 7.55. The zero-order chi connectivity index (χ0) is 17.3.